The van der Waals surface area contributed by atoms with Crippen LogP contribution in [-0.4, -0.2) is 36.6 Å². The van der Waals surface area contributed by atoms with Gasteiger partial charge < -0.3 is 5.32 Å². The standard InChI is InChI=1S/C12H24N2/c1-4-13-10-5-7-14(8-6-10)11-9-12(11,2)3/h10-11,13H,4-9H2,1-3H3. The van der Waals surface area contributed by atoms with Gasteiger partial charge in [-0.15, -0.1) is 0 Å². The molecule has 2 aliphatic rings. The lowest BCUT2D eigenvalue weighted by molar-refractivity contribution is 0.173. The Morgan fingerprint density at radius 2 is 1.86 bits per heavy atom. The summed E-state index contributed by atoms with van der Waals surface area (Å²) in [6.07, 6.45) is 4.11. The third kappa shape index (κ3) is 2.12. The van der Waals surface area contributed by atoms with Gasteiger partial charge in [0.05, 0.1) is 0 Å². The Labute approximate surface area is 88.1 Å². The maximum Gasteiger partial charge on any atom is 0.0153 e. The monoisotopic (exact) mass is 196 g/mol. The van der Waals surface area contributed by atoms with Crippen molar-refractivity contribution in [1.82, 2.24) is 10.2 Å². The molecule has 1 unspecified atom stereocenters. The van der Waals surface area contributed by atoms with E-state index in [-0.39, 0.29) is 0 Å². The Morgan fingerprint density at radius 1 is 1.29 bits per heavy atom. The van der Waals surface area contributed by atoms with Crippen molar-refractivity contribution in [1.29, 1.82) is 0 Å². The molecule has 1 saturated carbocycles. The van der Waals surface area contributed by atoms with Gasteiger partial charge in [-0.3, -0.25) is 4.90 Å². The van der Waals surface area contributed by atoms with Crippen LogP contribution in [0.4, 0.5) is 0 Å². The van der Waals surface area contributed by atoms with E-state index in [0.29, 0.717) is 5.41 Å². The minimum absolute atomic E-state index is 0.616. The molecule has 2 heteroatoms. The van der Waals surface area contributed by atoms with Gasteiger partial charge in [-0.25, -0.2) is 0 Å². The summed E-state index contributed by atoms with van der Waals surface area (Å²) in [5, 5.41) is 3.56. The van der Waals surface area contributed by atoms with Gasteiger partial charge in [-0.2, -0.15) is 0 Å². The number of piperidine rings is 1. The van der Waals surface area contributed by atoms with E-state index in [4.69, 9.17) is 0 Å². The van der Waals surface area contributed by atoms with Crippen LogP contribution in [-0.2, 0) is 0 Å². The second-order valence-corrected chi connectivity index (χ2v) is 5.58. The maximum absolute atomic E-state index is 3.56. The van der Waals surface area contributed by atoms with Crippen LogP contribution < -0.4 is 5.32 Å². The molecule has 1 aliphatic carbocycles. The van der Waals surface area contributed by atoms with E-state index in [0.717, 1.165) is 18.6 Å². The first-order chi connectivity index (χ1) is 6.63. The Hall–Kier alpha value is -0.0800. The number of nitrogens with one attached hydrogen (secondary N) is 1. The Kier molecular flexibility index (Phi) is 2.85. The molecule has 0 aromatic carbocycles. The molecule has 14 heavy (non-hydrogen) atoms. The Bertz CT molecular complexity index is 192. The van der Waals surface area contributed by atoms with Crippen molar-refractivity contribution in [2.24, 2.45) is 5.41 Å². The van der Waals surface area contributed by atoms with E-state index < -0.39 is 0 Å². The number of hydrogen-bond donors (Lipinski definition) is 1. The average molecular weight is 196 g/mol. The molecule has 2 fully saturated rings. The zero-order chi connectivity index (χ0) is 10.2. The summed E-state index contributed by atoms with van der Waals surface area (Å²) in [5.74, 6) is 0. The zero-order valence-corrected chi connectivity index (χ0v) is 9.84. The normalized spacial score (nSPS) is 33.2. The molecular formula is C12H24N2. The van der Waals surface area contributed by atoms with Crippen LogP contribution >= 0.6 is 0 Å². The summed E-state index contributed by atoms with van der Waals surface area (Å²) in [6, 6.07) is 1.68. The van der Waals surface area contributed by atoms with Gasteiger partial charge >= 0.3 is 0 Å². The molecular weight excluding hydrogens is 172 g/mol. The average Bonchev–Trinajstić information content (AvgIpc) is 2.77. The highest BCUT2D eigenvalue weighted by atomic mass is 15.2. The fraction of sp³-hybridized carbons (Fsp3) is 1.00. The van der Waals surface area contributed by atoms with Gasteiger partial charge in [0.2, 0.25) is 0 Å². The van der Waals surface area contributed by atoms with Crippen molar-refractivity contribution < 1.29 is 0 Å². The lowest BCUT2D eigenvalue weighted by atomic mass is 10.0. The first-order valence-corrected chi connectivity index (χ1v) is 6.11. The fourth-order valence-electron chi connectivity index (χ4n) is 2.77. The first kappa shape index (κ1) is 10.4. The molecule has 1 N–H and O–H groups in total. The summed E-state index contributed by atoms with van der Waals surface area (Å²) in [6.45, 7) is 10.7. The highest BCUT2D eigenvalue weighted by Gasteiger charge is 2.49. The molecule has 0 radical (unpaired) electrons. The molecule has 0 aromatic rings. The van der Waals surface area contributed by atoms with Crippen LogP contribution in [0.5, 0.6) is 0 Å². The third-order valence-electron chi connectivity index (χ3n) is 3.92. The van der Waals surface area contributed by atoms with Crippen molar-refractivity contribution in [2.75, 3.05) is 19.6 Å². The summed E-state index contributed by atoms with van der Waals surface area (Å²) in [4.78, 5) is 2.70. The fourth-order valence-corrected chi connectivity index (χ4v) is 2.77. The minimum atomic E-state index is 0.616. The van der Waals surface area contributed by atoms with E-state index >= 15 is 0 Å². The van der Waals surface area contributed by atoms with Gasteiger partial charge in [0.1, 0.15) is 0 Å². The van der Waals surface area contributed by atoms with Crippen LogP contribution in [0, 0.1) is 5.41 Å². The van der Waals surface area contributed by atoms with Crippen molar-refractivity contribution in [3.8, 4) is 0 Å². The van der Waals surface area contributed by atoms with Gasteiger partial charge in [-0.1, -0.05) is 20.8 Å². The van der Waals surface area contributed by atoms with Crippen LogP contribution in [0.15, 0.2) is 0 Å². The van der Waals surface area contributed by atoms with Gasteiger partial charge in [0, 0.05) is 12.1 Å². The molecule has 0 spiro atoms. The molecule has 1 aliphatic heterocycles. The Balaban J connectivity index is 1.74. The summed E-state index contributed by atoms with van der Waals surface area (Å²) in [5.41, 5.74) is 0.616. The van der Waals surface area contributed by atoms with Crippen molar-refractivity contribution in [2.45, 2.75) is 52.1 Å². The van der Waals surface area contributed by atoms with Crippen LogP contribution in [0.2, 0.25) is 0 Å². The molecule has 0 bridgehead atoms. The number of hydrogen-bond acceptors (Lipinski definition) is 2. The van der Waals surface area contributed by atoms with Crippen molar-refractivity contribution in [3.05, 3.63) is 0 Å². The highest BCUT2D eigenvalue weighted by Crippen LogP contribution is 2.49. The molecule has 1 heterocycles. The van der Waals surface area contributed by atoms with E-state index in [9.17, 15) is 0 Å². The minimum Gasteiger partial charge on any atom is -0.314 e. The number of nitrogens with zero attached hydrogens (tertiary/aromatic N) is 1. The third-order valence-corrected chi connectivity index (χ3v) is 3.92. The smallest absolute Gasteiger partial charge is 0.0153 e. The lowest BCUT2D eigenvalue weighted by Crippen LogP contribution is -2.44. The van der Waals surface area contributed by atoms with E-state index in [2.05, 4.69) is 31.0 Å². The first-order valence-electron chi connectivity index (χ1n) is 6.11. The van der Waals surface area contributed by atoms with Crippen LogP contribution in [0.1, 0.15) is 40.0 Å². The second kappa shape index (κ2) is 3.82. The van der Waals surface area contributed by atoms with Crippen LogP contribution in [0.3, 0.4) is 0 Å². The predicted octanol–water partition coefficient (Wildman–Crippen LogP) is 1.86. The second-order valence-electron chi connectivity index (χ2n) is 5.58. The predicted molar refractivity (Wildman–Crippen MR) is 60.5 cm³/mol. The molecule has 1 atom stereocenters. The molecule has 82 valence electrons. The molecule has 0 amide bonds. The quantitative estimate of drug-likeness (QED) is 0.741. The SMILES string of the molecule is CCNC1CCN(C2CC2(C)C)CC1. The van der Waals surface area contributed by atoms with E-state index in [1.807, 2.05) is 0 Å². The molecule has 0 aromatic heterocycles. The summed E-state index contributed by atoms with van der Waals surface area (Å²) in [7, 11) is 0. The summed E-state index contributed by atoms with van der Waals surface area (Å²) >= 11 is 0. The van der Waals surface area contributed by atoms with E-state index in [1.165, 1.54) is 32.4 Å². The Morgan fingerprint density at radius 3 is 2.29 bits per heavy atom. The topological polar surface area (TPSA) is 15.3 Å². The summed E-state index contributed by atoms with van der Waals surface area (Å²) < 4.78 is 0. The van der Waals surface area contributed by atoms with Gasteiger partial charge in [0.25, 0.3) is 0 Å². The van der Waals surface area contributed by atoms with Crippen molar-refractivity contribution >= 4 is 0 Å². The van der Waals surface area contributed by atoms with Crippen LogP contribution in [0.25, 0.3) is 0 Å². The van der Waals surface area contributed by atoms with E-state index in [1.54, 1.807) is 0 Å². The number of rotatable bonds is 3. The highest BCUT2D eigenvalue weighted by molar-refractivity contribution is 5.03. The molecule has 2 nitrogen and oxygen atoms in total. The van der Waals surface area contributed by atoms with Gasteiger partial charge in [0.15, 0.2) is 0 Å². The zero-order valence-electron chi connectivity index (χ0n) is 9.84. The van der Waals surface area contributed by atoms with Crippen molar-refractivity contribution in [3.63, 3.8) is 0 Å². The molecule has 1 saturated heterocycles. The largest absolute Gasteiger partial charge is 0.314 e. The lowest BCUT2D eigenvalue weighted by Gasteiger charge is -2.33. The maximum atomic E-state index is 3.56. The number of likely N-dealkylation sites (tertiary alicyclic amines) is 1. The van der Waals surface area contributed by atoms with Gasteiger partial charge in [-0.05, 0) is 44.3 Å². The molecule has 2 rings (SSSR count).